The molecule has 3 rings (SSSR count). The number of ether oxygens (including phenoxy) is 2. The summed E-state index contributed by atoms with van der Waals surface area (Å²) >= 11 is 11.8. The molecule has 1 amide bonds. The molecule has 28 heavy (non-hydrogen) atoms. The number of nitrogens with one attached hydrogen (secondary N) is 2. The number of benzene rings is 1. The van der Waals surface area contributed by atoms with Gasteiger partial charge in [0, 0.05) is 45.4 Å². The lowest BCUT2D eigenvalue weighted by Gasteiger charge is -2.37. The van der Waals surface area contributed by atoms with Crippen molar-refractivity contribution >= 4 is 35.1 Å². The molecule has 1 aromatic carbocycles. The molecule has 0 saturated carbocycles. The topological polar surface area (TPSA) is 75.2 Å². The lowest BCUT2D eigenvalue weighted by atomic mass is 10.1. The van der Waals surface area contributed by atoms with Crippen molar-refractivity contribution in [2.75, 3.05) is 46.4 Å². The Labute approximate surface area is 175 Å². The highest BCUT2D eigenvalue weighted by atomic mass is 35.5. The molecule has 0 radical (unpaired) electrons. The van der Waals surface area contributed by atoms with Crippen molar-refractivity contribution in [1.82, 2.24) is 15.5 Å². The van der Waals surface area contributed by atoms with Crippen LogP contribution in [0.2, 0.25) is 10.0 Å². The van der Waals surface area contributed by atoms with Crippen molar-refractivity contribution in [2.24, 2.45) is 4.99 Å². The van der Waals surface area contributed by atoms with Crippen molar-refractivity contribution < 1.29 is 14.3 Å². The molecule has 0 spiro atoms. The maximum Gasteiger partial charge on any atom is 0.251 e. The Hall–Kier alpha value is -1.54. The first-order chi connectivity index (χ1) is 13.6. The number of guanidine groups is 1. The summed E-state index contributed by atoms with van der Waals surface area (Å²) in [6.45, 7) is 4.01. The average Bonchev–Trinajstić information content (AvgIpc) is 3.25. The second-order valence-electron chi connectivity index (χ2n) is 6.77. The Kier molecular flexibility index (Phi) is 7.79. The molecule has 9 heteroatoms. The summed E-state index contributed by atoms with van der Waals surface area (Å²) in [4.78, 5) is 18.7. The van der Waals surface area contributed by atoms with E-state index in [0.717, 1.165) is 38.5 Å². The summed E-state index contributed by atoms with van der Waals surface area (Å²) in [6.07, 6.45) is 2.39. The number of rotatable bonds is 5. The zero-order valence-electron chi connectivity index (χ0n) is 15.9. The van der Waals surface area contributed by atoms with E-state index < -0.39 is 0 Å². The number of carbonyl (C=O) groups excluding carboxylic acids is 1. The maximum atomic E-state index is 12.2. The van der Waals surface area contributed by atoms with Gasteiger partial charge in [0.15, 0.2) is 5.96 Å². The minimum absolute atomic E-state index is 0.0733. The van der Waals surface area contributed by atoms with Gasteiger partial charge >= 0.3 is 0 Å². The molecule has 2 heterocycles. The number of carbonyl (C=O) groups is 1. The number of aliphatic imine (C=N–C) groups is 1. The van der Waals surface area contributed by atoms with Gasteiger partial charge in [-0.05, 0) is 31.0 Å². The van der Waals surface area contributed by atoms with Crippen LogP contribution in [0.25, 0.3) is 0 Å². The summed E-state index contributed by atoms with van der Waals surface area (Å²) in [7, 11) is 1.76. The van der Waals surface area contributed by atoms with Crippen LogP contribution in [-0.2, 0) is 9.47 Å². The molecular formula is C19H26Cl2N4O3. The van der Waals surface area contributed by atoms with E-state index in [4.69, 9.17) is 32.7 Å². The van der Waals surface area contributed by atoms with E-state index in [1.165, 1.54) is 0 Å². The van der Waals surface area contributed by atoms with Gasteiger partial charge in [0.05, 0.1) is 22.8 Å². The predicted octanol–water partition coefficient (Wildman–Crippen LogP) is 2.18. The van der Waals surface area contributed by atoms with Gasteiger partial charge in [-0.1, -0.05) is 23.2 Å². The van der Waals surface area contributed by atoms with Crippen LogP contribution in [0.5, 0.6) is 0 Å². The Morgan fingerprint density at radius 2 is 1.96 bits per heavy atom. The molecule has 1 aromatic rings. The first-order valence-electron chi connectivity index (χ1n) is 9.50. The Bertz CT molecular complexity index is 710. The van der Waals surface area contributed by atoms with Gasteiger partial charge < -0.3 is 25.0 Å². The van der Waals surface area contributed by atoms with Gasteiger partial charge in [0.25, 0.3) is 5.91 Å². The van der Waals surface area contributed by atoms with Gasteiger partial charge in [0.2, 0.25) is 0 Å². The molecule has 7 nitrogen and oxygen atoms in total. The molecule has 2 atom stereocenters. The second kappa shape index (κ2) is 10.3. The van der Waals surface area contributed by atoms with Crippen LogP contribution in [-0.4, -0.2) is 75.4 Å². The highest BCUT2D eigenvalue weighted by Crippen LogP contribution is 2.22. The SMILES string of the molecule is CN=C(NCCNC(=O)c1ccc(Cl)c(Cl)c1)N1CCOC(C2CCCO2)C1. The van der Waals surface area contributed by atoms with E-state index in [-0.39, 0.29) is 18.1 Å². The molecule has 2 saturated heterocycles. The summed E-state index contributed by atoms with van der Waals surface area (Å²) in [6, 6.07) is 4.82. The normalized spacial score (nSPS) is 23.0. The fourth-order valence-corrected chi connectivity index (χ4v) is 3.71. The molecule has 2 aliphatic rings. The van der Waals surface area contributed by atoms with Crippen LogP contribution in [0.3, 0.4) is 0 Å². The van der Waals surface area contributed by atoms with E-state index in [9.17, 15) is 4.79 Å². The van der Waals surface area contributed by atoms with Crippen LogP contribution < -0.4 is 10.6 Å². The zero-order valence-corrected chi connectivity index (χ0v) is 17.4. The standard InChI is InChI=1S/C19H26Cl2N4O3/c1-22-19(25-8-10-28-17(12-25)16-3-2-9-27-16)24-7-6-23-18(26)13-4-5-14(20)15(21)11-13/h4-5,11,16-17H,2-3,6-10,12H2,1H3,(H,22,24)(H,23,26). The highest BCUT2D eigenvalue weighted by Gasteiger charge is 2.32. The summed E-state index contributed by atoms with van der Waals surface area (Å²) in [5, 5.41) is 6.94. The third-order valence-corrected chi connectivity index (χ3v) is 5.60. The van der Waals surface area contributed by atoms with Gasteiger partial charge in [-0.2, -0.15) is 0 Å². The van der Waals surface area contributed by atoms with E-state index in [0.29, 0.717) is 35.3 Å². The van der Waals surface area contributed by atoms with Crippen molar-refractivity contribution in [3.8, 4) is 0 Å². The van der Waals surface area contributed by atoms with E-state index in [1.54, 1.807) is 25.2 Å². The molecule has 154 valence electrons. The number of amides is 1. The van der Waals surface area contributed by atoms with E-state index in [1.807, 2.05) is 0 Å². The van der Waals surface area contributed by atoms with Crippen molar-refractivity contribution in [2.45, 2.75) is 25.0 Å². The third-order valence-electron chi connectivity index (χ3n) is 4.86. The number of hydrogen-bond acceptors (Lipinski definition) is 4. The number of morpholine rings is 1. The van der Waals surface area contributed by atoms with Crippen LogP contribution in [0, 0.1) is 0 Å². The van der Waals surface area contributed by atoms with Crippen LogP contribution in [0.15, 0.2) is 23.2 Å². The molecule has 2 fully saturated rings. The molecule has 0 aromatic heterocycles. The Balaban J connectivity index is 1.43. The van der Waals surface area contributed by atoms with Crippen molar-refractivity contribution in [3.05, 3.63) is 33.8 Å². The van der Waals surface area contributed by atoms with Gasteiger partial charge in [-0.15, -0.1) is 0 Å². The third kappa shape index (κ3) is 5.50. The minimum Gasteiger partial charge on any atom is -0.375 e. The monoisotopic (exact) mass is 428 g/mol. The Morgan fingerprint density at radius 1 is 1.18 bits per heavy atom. The summed E-state index contributed by atoms with van der Waals surface area (Å²) in [5.41, 5.74) is 0.478. The Morgan fingerprint density at radius 3 is 2.68 bits per heavy atom. The maximum absolute atomic E-state index is 12.2. The zero-order chi connectivity index (χ0) is 19.9. The molecule has 2 unspecified atom stereocenters. The largest absolute Gasteiger partial charge is 0.375 e. The molecule has 0 bridgehead atoms. The quantitative estimate of drug-likeness (QED) is 0.427. The molecule has 0 aliphatic carbocycles. The first kappa shape index (κ1) is 21.2. The number of nitrogens with zero attached hydrogens (tertiary/aromatic N) is 2. The summed E-state index contributed by atoms with van der Waals surface area (Å²) < 4.78 is 11.6. The predicted molar refractivity (Wildman–Crippen MR) is 110 cm³/mol. The smallest absolute Gasteiger partial charge is 0.251 e. The number of hydrogen-bond donors (Lipinski definition) is 2. The van der Waals surface area contributed by atoms with Crippen LogP contribution in [0.1, 0.15) is 23.2 Å². The molecule has 2 N–H and O–H groups in total. The fraction of sp³-hybridized carbons (Fsp3) is 0.579. The minimum atomic E-state index is -0.194. The van der Waals surface area contributed by atoms with Crippen LogP contribution >= 0.6 is 23.2 Å². The lowest BCUT2D eigenvalue weighted by molar-refractivity contribution is -0.0816. The number of halogens is 2. The van der Waals surface area contributed by atoms with Gasteiger partial charge in [-0.3, -0.25) is 9.79 Å². The van der Waals surface area contributed by atoms with E-state index in [2.05, 4.69) is 20.5 Å². The second-order valence-corrected chi connectivity index (χ2v) is 7.58. The van der Waals surface area contributed by atoms with Crippen LogP contribution in [0.4, 0.5) is 0 Å². The fourth-order valence-electron chi connectivity index (χ4n) is 3.41. The van der Waals surface area contributed by atoms with Crippen molar-refractivity contribution in [1.29, 1.82) is 0 Å². The van der Waals surface area contributed by atoms with Gasteiger partial charge in [-0.25, -0.2) is 0 Å². The van der Waals surface area contributed by atoms with E-state index >= 15 is 0 Å². The first-order valence-corrected chi connectivity index (χ1v) is 10.3. The molecular weight excluding hydrogens is 403 g/mol. The summed E-state index contributed by atoms with van der Waals surface area (Å²) in [5.74, 6) is 0.607. The van der Waals surface area contributed by atoms with Crippen molar-refractivity contribution in [3.63, 3.8) is 0 Å². The molecule has 2 aliphatic heterocycles. The highest BCUT2D eigenvalue weighted by molar-refractivity contribution is 6.42. The van der Waals surface area contributed by atoms with Gasteiger partial charge in [0.1, 0.15) is 6.10 Å². The lowest BCUT2D eigenvalue weighted by Crippen LogP contribution is -2.54. The average molecular weight is 429 g/mol.